The molecule has 0 aromatic heterocycles. The highest BCUT2D eigenvalue weighted by Gasteiger charge is 2.31. The van der Waals surface area contributed by atoms with E-state index in [1.165, 1.54) is 18.4 Å². The van der Waals surface area contributed by atoms with Crippen LogP contribution in [0.2, 0.25) is 0 Å². The Hall–Kier alpha value is -1.55. The summed E-state index contributed by atoms with van der Waals surface area (Å²) in [6, 6.07) is 8.91. The average Bonchev–Trinajstić information content (AvgIpc) is 3.31. The maximum atomic E-state index is 12.3. The van der Waals surface area contributed by atoms with Crippen LogP contribution in [0.15, 0.2) is 24.3 Å². The fourth-order valence-electron chi connectivity index (χ4n) is 2.29. The van der Waals surface area contributed by atoms with Crippen LogP contribution in [0.4, 0.5) is 0 Å². The number of amides is 1. The number of ether oxygens (including phenoxy) is 1. The molecule has 1 aliphatic carbocycles. The van der Waals surface area contributed by atoms with Crippen molar-refractivity contribution in [2.75, 3.05) is 20.7 Å². The van der Waals surface area contributed by atoms with Gasteiger partial charge in [0.25, 0.3) is 0 Å². The Balaban J connectivity index is 1.97. The smallest absolute Gasteiger partial charge is 0.236 e. The van der Waals surface area contributed by atoms with Gasteiger partial charge in [-0.1, -0.05) is 12.1 Å². The summed E-state index contributed by atoms with van der Waals surface area (Å²) in [7, 11) is 3.55. The molecular formula is C17H26N2O2. The van der Waals surface area contributed by atoms with Crippen molar-refractivity contribution in [1.82, 2.24) is 9.80 Å². The molecule has 0 heterocycles. The molecule has 1 aromatic carbocycles. The largest absolute Gasteiger partial charge is 0.497 e. The summed E-state index contributed by atoms with van der Waals surface area (Å²) in [5, 5.41) is 0. The van der Waals surface area contributed by atoms with Crippen LogP contribution in [-0.2, 0) is 11.3 Å². The lowest BCUT2D eigenvalue weighted by Crippen LogP contribution is -2.42. The fraction of sp³-hybridized carbons (Fsp3) is 0.588. The molecule has 21 heavy (non-hydrogen) atoms. The van der Waals surface area contributed by atoms with Crippen molar-refractivity contribution in [3.05, 3.63) is 29.8 Å². The van der Waals surface area contributed by atoms with Crippen molar-refractivity contribution >= 4 is 5.91 Å². The molecule has 0 unspecified atom stereocenters. The van der Waals surface area contributed by atoms with Gasteiger partial charge in [-0.05, 0) is 44.4 Å². The number of hydrogen-bond donors (Lipinski definition) is 0. The van der Waals surface area contributed by atoms with Crippen LogP contribution in [-0.4, -0.2) is 48.5 Å². The van der Waals surface area contributed by atoms with Crippen LogP contribution < -0.4 is 4.74 Å². The van der Waals surface area contributed by atoms with Crippen molar-refractivity contribution in [3.8, 4) is 5.75 Å². The van der Waals surface area contributed by atoms with Crippen LogP contribution in [0.3, 0.4) is 0 Å². The number of methoxy groups -OCH3 is 1. The second-order valence-corrected chi connectivity index (χ2v) is 6.08. The van der Waals surface area contributed by atoms with E-state index in [9.17, 15) is 4.79 Å². The molecule has 1 aliphatic rings. The first-order valence-electron chi connectivity index (χ1n) is 7.64. The van der Waals surface area contributed by atoms with Gasteiger partial charge in [0.1, 0.15) is 5.75 Å². The van der Waals surface area contributed by atoms with Crippen LogP contribution in [0.1, 0.15) is 32.3 Å². The molecule has 0 bridgehead atoms. The van der Waals surface area contributed by atoms with Crippen molar-refractivity contribution in [3.63, 3.8) is 0 Å². The molecular weight excluding hydrogens is 264 g/mol. The highest BCUT2D eigenvalue weighted by molar-refractivity contribution is 5.78. The summed E-state index contributed by atoms with van der Waals surface area (Å²) >= 11 is 0. The molecule has 0 spiro atoms. The van der Waals surface area contributed by atoms with Gasteiger partial charge >= 0.3 is 0 Å². The third-order valence-corrected chi connectivity index (χ3v) is 4.11. The molecule has 1 aromatic rings. The monoisotopic (exact) mass is 290 g/mol. The molecule has 4 nitrogen and oxygen atoms in total. The number of benzene rings is 1. The van der Waals surface area contributed by atoms with Gasteiger partial charge in [0.15, 0.2) is 0 Å². The SMILES string of the molecule is COc1ccc(CN(CC(=O)N(C)C(C)C)C2CC2)cc1. The second kappa shape index (κ2) is 6.94. The molecule has 0 atom stereocenters. The molecule has 0 radical (unpaired) electrons. The minimum absolute atomic E-state index is 0.199. The van der Waals surface area contributed by atoms with E-state index in [-0.39, 0.29) is 11.9 Å². The minimum Gasteiger partial charge on any atom is -0.497 e. The number of hydrogen-bond acceptors (Lipinski definition) is 3. The van der Waals surface area contributed by atoms with Crippen LogP contribution in [0.5, 0.6) is 5.75 Å². The summed E-state index contributed by atoms with van der Waals surface area (Å²) < 4.78 is 5.18. The Morgan fingerprint density at radius 3 is 2.38 bits per heavy atom. The summed E-state index contributed by atoms with van der Waals surface area (Å²) in [6.45, 7) is 5.42. The zero-order valence-corrected chi connectivity index (χ0v) is 13.5. The van der Waals surface area contributed by atoms with Gasteiger partial charge in [-0.25, -0.2) is 0 Å². The third-order valence-electron chi connectivity index (χ3n) is 4.11. The van der Waals surface area contributed by atoms with Gasteiger partial charge in [-0.3, -0.25) is 9.69 Å². The first-order valence-corrected chi connectivity index (χ1v) is 7.64. The lowest BCUT2D eigenvalue weighted by molar-refractivity contribution is -0.132. The summed E-state index contributed by atoms with van der Waals surface area (Å²) in [5.41, 5.74) is 1.22. The lowest BCUT2D eigenvalue weighted by atomic mass is 10.2. The van der Waals surface area contributed by atoms with Gasteiger partial charge in [-0.2, -0.15) is 0 Å². The van der Waals surface area contributed by atoms with E-state index in [1.807, 2.05) is 37.9 Å². The molecule has 0 aliphatic heterocycles. The van der Waals surface area contributed by atoms with Crippen molar-refractivity contribution in [2.45, 2.75) is 45.3 Å². The summed E-state index contributed by atoms with van der Waals surface area (Å²) in [6.07, 6.45) is 2.41. The average molecular weight is 290 g/mol. The second-order valence-electron chi connectivity index (χ2n) is 6.08. The van der Waals surface area contributed by atoms with Crippen LogP contribution in [0, 0.1) is 0 Å². The van der Waals surface area contributed by atoms with Gasteiger partial charge in [0.2, 0.25) is 5.91 Å². The molecule has 2 rings (SSSR count). The van der Waals surface area contributed by atoms with Crippen LogP contribution >= 0.6 is 0 Å². The fourth-order valence-corrected chi connectivity index (χ4v) is 2.29. The third kappa shape index (κ3) is 4.46. The molecule has 1 amide bonds. The van der Waals surface area contributed by atoms with Gasteiger partial charge in [-0.15, -0.1) is 0 Å². The van der Waals surface area contributed by atoms with E-state index < -0.39 is 0 Å². The normalized spacial score (nSPS) is 14.6. The Morgan fingerprint density at radius 1 is 1.29 bits per heavy atom. The molecule has 0 saturated heterocycles. The molecule has 1 fully saturated rings. The number of carbonyl (C=O) groups excluding carboxylic acids is 1. The predicted octanol–water partition coefficient (Wildman–Crippen LogP) is 2.53. The van der Waals surface area contributed by atoms with E-state index in [0.717, 1.165) is 12.3 Å². The van der Waals surface area contributed by atoms with E-state index in [4.69, 9.17) is 4.74 Å². The van der Waals surface area contributed by atoms with Crippen molar-refractivity contribution < 1.29 is 9.53 Å². The Labute approximate surface area is 127 Å². The maximum absolute atomic E-state index is 12.3. The molecule has 1 saturated carbocycles. The molecule has 116 valence electrons. The molecule has 0 N–H and O–H groups in total. The summed E-state index contributed by atoms with van der Waals surface area (Å²) in [5.74, 6) is 1.07. The highest BCUT2D eigenvalue weighted by atomic mass is 16.5. The quantitative estimate of drug-likeness (QED) is 0.773. The Bertz CT molecular complexity index is 466. The predicted molar refractivity (Wildman–Crippen MR) is 84.3 cm³/mol. The topological polar surface area (TPSA) is 32.8 Å². The minimum atomic E-state index is 0.199. The first kappa shape index (κ1) is 15.8. The van der Waals surface area contributed by atoms with E-state index >= 15 is 0 Å². The number of rotatable bonds is 7. The first-order chi connectivity index (χ1) is 10.0. The number of likely N-dealkylation sites (N-methyl/N-ethyl adjacent to an activating group) is 1. The van der Waals surface area contributed by atoms with Gasteiger partial charge < -0.3 is 9.64 Å². The summed E-state index contributed by atoms with van der Waals surface area (Å²) in [4.78, 5) is 16.4. The maximum Gasteiger partial charge on any atom is 0.236 e. The lowest BCUT2D eigenvalue weighted by Gasteiger charge is -2.27. The van der Waals surface area contributed by atoms with E-state index in [1.54, 1.807) is 7.11 Å². The highest BCUT2D eigenvalue weighted by Crippen LogP contribution is 2.28. The van der Waals surface area contributed by atoms with E-state index in [2.05, 4.69) is 17.0 Å². The number of carbonyl (C=O) groups is 1. The molecule has 4 heteroatoms. The van der Waals surface area contributed by atoms with Gasteiger partial charge in [0.05, 0.1) is 13.7 Å². The van der Waals surface area contributed by atoms with E-state index in [0.29, 0.717) is 12.6 Å². The van der Waals surface area contributed by atoms with Gasteiger partial charge in [0, 0.05) is 25.7 Å². The Kier molecular flexibility index (Phi) is 5.23. The van der Waals surface area contributed by atoms with Crippen molar-refractivity contribution in [1.29, 1.82) is 0 Å². The zero-order chi connectivity index (χ0) is 15.4. The zero-order valence-electron chi connectivity index (χ0n) is 13.5. The number of nitrogens with zero attached hydrogens (tertiary/aromatic N) is 2. The Morgan fingerprint density at radius 2 is 1.90 bits per heavy atom. The van der Waals surface area contributed by atoms with Crippen molar-refractivity contribution in [2.24, 2.45) is 0 Å². The standard InChI is InChI=1S/C17H26N2O2/c1-13(2)18(3)17(20)12-19(15-7-8-15)11-14-5-9-16(21-4)10-6-14/h5-6,9-10,13,15H,7-8,11-12H2,1-4H3. The van der Waals surface area contributed by atoms with Crippen LogP contribution in [0.25, 0.3) is 0 Å².